The molecule has 2 atom stereocenters. The van der Waals surface area contributed by atoms with Gasteiger partial charge in [0, 0.05) is 0 Å². The van der Waals surface area contributed by atoms with Crippen LogP contribution in [0, 0.1) is 5.92 Å². The van der Waals surface area contributed by atoms with E-state index >= 15 is 0 Å². The van der Waals surface area contributed by atoms with Crippen LogP contribution < -0.4 is 5.32 Å². The first-order valence-electron chi connectivity index (χ1n) is 4.11. The maximum atomic E-state index is 10.9. The van der Waals surface area contributed by atoms with Gasteiger partial charge in [-0.25, -0.2) is 9.59 Å². The van der Waals surface area contributed by atoms with E-state index < -0.39 is 18.1 Å². The molecule has 0 aromatic carbocycles. The number of hydrogen-bond acceptors (Lipinski definition) is 4. The van der Waals surface area contributed by atoms with Gasteiger partial charge in [0.1, 0.15) is 6.10 Å². The summed E-state index contributed by atoms with van der Waals surface area (Å²) in [5.74, 6) is -0.205. The fourth-order valence-electron chi connectivity index (χ4n) is 1.19. The first-order valence-corrected chi connectivity index (χ1v) is 4.11. The fourth-order valence-corrected chi connectivity index (χ4v) is 1.19. The number of carbonyl (C=O) groups is 2. The number of hydrogen-bond donors (Lipinski definition) is 1. The second-order valence-electron chi connectivity index (χ2n) is 3.26. The second-order valence-corrected chi connectivity index (χ2v) is 3.26. The third-order valence-electron chi connectivity index (χ3n) is 1.95. The number of amides is 1. The van der Waals surface area contributed by atoms with E-state index in [9.17, 15) is 9.59 Å². The van der Waals surface area contributed by atoms with Crippen molar-refractivity contribution in [2.24, 2.45) is 5.92 Å². The quantitative estimate of drug-likeness (QED) is 0.631. The smallest absolute Gasteiger partial charge is 0.407 e. The minimum atomic E-state index is -0.604. The molecule has 0 unspecified atom stereocenters. The molecule has 0 aromatic heterocycles. The summed E-state index contributed by atoms with van der Waals surface area (Å²) in [7, 11) is 1.25. The van der Waals surface area contributed by atoms with E-state index in [1.165, 1.54) is 7.11 Å². The van der Waals surface area contributed by atoms with Crippen molar-refractivity contribution >= 4 is 12.1 Å². The molecule has 1 aliphatic heterocycles. The Bertz CT molecular complexity index is 226. The van der Waals surface area contributed by atoms with Crippen LogP contribution in [0.1, 0.15) is 13.8 Å². The highest BCUT2D eigenvalue weighted by molar-refractivity contribution is 5.86. The van der Waals surface area contributed by atoms with E-state index in [1.807, 2.05) is 13.8 Å². The molecular formula is C8H13NO4. The number of methoxy groups -OCH3 is 1. The van der Waals surface area contributed by atoms with E-state index in [0.29, 0.717) is 0 Å². The van der Waals surface area contributed by atoms with Crippen LogP contribution in [0.5, 0.6) is 0 Å². The SMILES string of the molecule is COC(=O)N[C@H]1C(=O)O[C@H]1C(C)C. The van der Waals surface area contributed by atoms with E-state index in [-0.39, 0.29) is 12.0 Å². The molecule has 0 bridgehead atoms. The molecule has 1 saturated heterocycles. The number of alkyl carbamates (subject to hydrolysis) is 1. The van der Waals surface area contributed by atoms with Gasteiger partial charge in [-0.15, -0.1) is 0 Å². The van der Waals surface area contributed by atoms with Gasteiger partial charge >= 0.3 is 12.1 Å². The summed E-state index contributed by atoms with van der Waals surface area (Å²) in [6.07, 6.45) is -0.834. The minimum Gasteiger partial charge on any atom is -0.458 e. The summed E-state index contributed by atoms with van der Waals surface area (Å²) >= 11 is 0. The lowest BCUT2D eigenvalue weighted by Crippen LogP contribution is -2.61. The molecule has 0 radical (unpaired) electrons. The third kappa shape index (κ3) is 1.91. The summed E-state index contributed by atoms with van der Waals surface area (Å²) in [4.78, 5) is 21.7. The monoisotopic (exact) mass is 187 g/mol. The molecule has 1 rings (SSSR count). The standard InChI is InChI=1S/C8H13NO4/c1-4(2)6-5(7(10)13-6)9-8(11)12-3/h4-6H,1-3H3,(H,9,11)/t5-,6+/m1/s1. The van der Waals surface area contributed by atoms with Gasteiger partial charge in [-0.1, -0.05) is 13.8 Å². The summed E-state index contributed by atoms with van der Waals surface area (Å²) in [5, 5.41) is 2.41. The highest BCUT2D eigenvalue weighted by atomic mass is 16.6. The van der Waals surface area contributed by atoms with E-state index in [0.717, 1.165) is 0 Å². The molecule has 0 aromatic rings. The number of esters is 1. The first kappa shape index (κ1) is 9.83. The summed E-state index contributed by atoms with van der Waals surface area (Å²) < 4.78 is 9.22. The van der Waals surface area contributed by atoms with Gasteiger partial charge < -0.3 is 14.8 Å². The number of rotatable bonds is 2. The lowest BCUT2D eigenvalue weighted by atomic mass is 9.95. The molecular weight excluding hydrogens is 174 g/mol. The summed E-state index contributed by atoms with van der Waals surface area (Å²) in [6, 6.07) is -0.549. The van der Waals surface area contributed by atoms with Gasteiger partial charge in [-0.05, 0) is 5.92 Å². The molecule has 5 nitrogen and oxygen atoms in total. The zero-order valence-electron chi connectivity index (χ0n) is 7.87. The zero-order chi connectivity index (χ0) is 10.0. The van der Waals surface area contributed by atoms with Gasteiger partial charge in [-0.2, -0.15) is 0 Å². The van der Waals surface area contributed by atoms with Crippen molar-refractivity contribution in [2.45, 2.75) is 26.0 Å². The Labute approximate surface area is 76.4 Å². The Morgan fingerprint density at radius 3 is 2.62 bits per heavy atom. The number of carbonyl (C=O) groups excluding carboxylic acids is 2. The number of nitrogens with one attached hydrogen (secondary N) is 1. The molecule has 0 spiro atoms. The molecule has 74 valence electrons. The maximum Gasteiger partial charge on any atom is 0.407 e. The second kappa shape index (κ2) is 3.64. The molecule has 1 aliphatic rings. The van der Waals surface area contributed by atoms with Crippen molar-refractivity contribution in [3.05, 3.63) is 0 Å². The van der Waals surface area contributed by atoms with Crippen LogP contribution in [0.3, 0.4) is 0 Å². The lowest BCUT2D eigenvalue weighted by Gasteiger charge is -2.37. The Morgan fingerprint density at radius 1 is 1.62 bits per heavy atom. The van der Waals surface area contributed by atoms with Crippen LogP contribution >= 0.6 is 0 Å². The molecule has 5 heteroatoms. The van der Waals surface area contributed by atoms with Gasteiger partial charge in [0.15, 0.2) is 6.04 Å². The van der Waals surface area contributed by atoms with Gasteiger partial charge in [-0.3, -0.25) is 0 Å². The number of cyclic esters (lactones) is 1. The highest BCUT2D eigenvalue weighted by Gasteiger charge is 2.45. The Kier molecular flexibility index (Phi) is 2.75. The maximum absolute atomic E-state index is 10.9. The fraction of sp³-hybridized carbons (Fsp3) is 0.750. The molecule has 1 heterocycles. The average Bonchev–Trinajstić information content (AvgIpc) is 2.09. The molecule has 0 aliphatic carbocycles. The predicted molar refractivity (Wildman–Crippen MR) is 44.0 cm³/mol. The molecule has 1 N–H and O–H groups in total. The first-order chi connectivity index (χ1) is 6.06. The van der Waals surface area contributed by atoms with Crippen molar-refractivity contribution in [2.75, 3.05) is 7.11 Å². The van der Waals surface area contributed by atoms with Crippen LogP contribution in [0.2, 0.25) is 0 Å². The van der Waals surface area contributed by atoms with Crippen LogP contribution in [0.25, 0.3) is 0 Å². The normalized spacial score (nSPS) is 26.3. The van der Waals surface area contributed by atoms with Crippen molar-refractivity contribution in [1.29, 1.82) is 0 Å². The predicted octanol–water partition coefficient (Wildman–Crippen LogP) is 0.292. The van der Waals surface area contributed by atoms with Crippen molar-refractivity contribution < 1.29 is 19.1 Å². The Balaban J connectivity index is 2.47. The van der Waals surface area contributed by atoms with E-state index in [2.05, 4.69) is 10.1 Å². The molecule has 13 heavy (non-hydrogen) atoms. The summed E-state index contributed by atoms with van der Waals surface area (Å²) in [6.45, 7) is 3.84. The third-order valence-corrected chi connectivity index (χ3v) is 1.95. The van der Waals surface area contributed by atoms with Gasteiger partial charge in [0.25, 0.3) is 0 Å². The van der Waals surface area contributed by atoms with Crippen molar-refractivity contribution in [3.8, 4) is 0 Å². The minimum absolute atomic E-state index is 0.194. The molecule has 0 saturated carbocycles. The highest BCUT2D eigenvalue weighted by Crippen LogP contribution is 2.22. The lowest BCUT2D eigenvalue weighted by molar-refractivity contribution is -0.181. The summed E-state index contributed by atoms with van der Waals surface area (Å²) in [5.41, 5.74) is 0. The van der Waals surface area contributed by atoms with Crippen LogP contribution in [0.4, 0.5) is 4.79 Å². The van der Waals surface area contributed by atoms with Crippen LogP contribution in [-0.2, 0) is 14.3 Å². The molecule has 1 fully saturated rings. The zero-order valence-corrected chi connectivity index (χ0v) is 7.87. The van der Waals surface area contributed by atoms with Gasteiger partial charge in [0.05, 0.1) is 7.11 Å². The van der Waals surface area contributed by atoms with Crippen molar-refractivity contribution in [1.82, 2.24) is 5.32 Å². The van der Waals surface area contributed by atoms with E-state index in [1.54, 1.807) is 0 Å². The Morgan fingerprint density at radius 2 is 2.23 bits per heavy atom. The topological polar surface area (TPSA) is 64.6 Å². The van der Waals surface area contributed by atoms with Crippen LogP contribution in [-0.4, -0.2) is 31.3 Å². The van der Waals surface area contributed by atoms with Crippen LogP contribution in [0.15, 0.2) is 0 Å². The van der Waals surface area contributed by atoms with Gasteiger partial charge in [0.2, 0.25) is 0 Å². The number of ether oxygens (including phenoxy) is 2. The van der Waals surface area contributed by atoms with Crippen molar-refractivity contribution in [3.63, 3.8) is 0 Å². The average molecular weight is 187 g/mol. The largest absolute Gasteiger partial charge is 0.458 e. The Hall–Kier alpha value is -1.26. The molecule has 1 amide bonds. The van der Waals surface area contributed by atoms with E-state index in [4.69, 9.17) is 4.74 Å².